The average molecular weight is 821 g/mol. The highest BCUT2D eigenvalue weighted by atomic mass is 35.5. The minimum atomic E-state index is -4.64. The Morgan fingerprint density at radius 1 is 0.643 bits per heavy atom. The minimum absolute atomic E-state index is 0.153. The summed E-state index contributed by atoms with van der Waals surface area (Å²) in [6.07, 6.45) is -9.03. The third kappa shape index (κ3) is 9.23. The molecule has 0 aliphatic heterocycles. The maximum Gasteiger partial charge on any atom is 0.417 e. The first kappa shape index (κ1) is 39.6. The Bertz CT molecular complexity index is 2250. The second kappa shape index (κ2) is 16.0. The molecular formula is C37H25Cl2F6N5O6. The summed E-state index contributed by atoms with van der Waals surface area (Å²) in [6, 6.07) is 17.5. The number of carbonyl (C=O) groups is 2. The Hall–Kier alpha value is -6.07. The van der Waals surface area contributed by atoms with E-state index in [9.17, 15) is 35.9 Å². The molecule has 1 N–H and O–H groups in total. The summed E-state index contributed by atoms with van der Waals surface area (Å²) < 4.78 is 101. The van der Waals surface area contributed by atoms with E-state index in [2.05, 4.69) is 20.2 Å². The van der Waals surface area contributed by atoms with Gasteiger partial charge in [-0.3, -0.25) is 14.7 Å². The van der Waals surface area contributed by atoms with E-state index >= 15 is 0 Å². The van der Waals surface area contributed by atoms with Crippen molar-refractivity contribution in [2.45, 2.75) is 38.4 Å². The number of carbonyl (C=O) groups excluding carboxylic acids is 2. The number of imide groups is 1. The van der Waals surface area contributed by atoms with Crippen molar-refractivity contribution in [3.8, 4) is 34.8 Å². The Morgan fingerprint density at radius 3 is 1.48 bits per heavy atom. The van der Waals surface area contributed by atoms with Gasteiger partial charge in [0.2, 0.25) is 11.8 Å². The van der Waals surface area contributed by atoms with Crippen molar-refractivity contribution in [2.24, 2.45) is 0 Å². The highest BCUT2D eigenvalue weighted by Crippen LogP contribution is 2.37. The SMILES string of the molecule is CC(Oc1ccc(Oc2ncc(C(F)(F)F)cc2Cl)cc1)C(=O)N(C(=O)C(C)Oc1ccc(Oc2ncc(C(F)(F)F)cc2Cl)cc1)c1ccc2cn[nH]c2c1. The van der Waals surface area contributed by atoms with Crippen molar-refractivity contribution in [1.29, 1.82) is 0 Å². The second-order valence-corrected chi connectivity index (χ2v) is 12.7. The van der Waals surface area contributed by atoms with Crippen LogP contribution < -0.4 is 23.8 Å². The van der Waals surface area contributed by atoms with Gasteiger partial charge in [0, 0.05) is 17.8 Å². The van der Waals surface area contributed by atoms with Crippen LogP contribution in [0.2, 0.25) is 10.0 Å². The lowest BCUT2D eigenvalue weighted by Gasteiger charge is -2.27. The highest BCUT2D eigenvalue weighted by molar-refractivity contribution is 6.32. The first-order chi connectivity index (χ1) is 26.5. The molecule has 19 heteroatoms. The zero-order valence-corrected chi connectivity index (χ0v) is 30.2. The number of nitrogens with zero attached hydrogens (tertiary/aromatic N) is 4. The molecule has 0 spiro atoms. The van der Waals surface area contributed by atoms with Gasteiger partial charge < -0.3 is 18.9 Å². The van der Waals surface area contributed by atoms with E-state index in [0.29, 0.717) is 35.4 Å². The van der Waals surface area contributed by atoms with Crippen molar-refractivity contribution < 1.29 is 54.9 Å². The van der Waals surface area contributed by atoms with Gasteiger partial charge in [0.1, 0.15) is 33.0 Å². The average Bonchev–Trinajstić information content (AvgIpc) is 3.62. The molecule has 56 heavy (non-hydrogen) atoms. The predicted octanol–water partition coefficient (Wildman–Crippen LogP) is 10.1. The van der Waals surface area contributed by atoms with Crippen LogP contribution in [0, 0.1) is 0 Å². The normalized spacial score (nSPS) is 12.8. The molecule has 2 amide bonds. The fourth-order valence-electron chi connectivity index (χ4n) is 5.01. The molecule has 11 nitrogen and oxygen atoms in total. The summed E-state index contributed by atoms with van der Waals surface area (Å²) in [4.78, 5) is 36.1. The number of amides is 2. The number of anilines is 1. The lowest BCUT2D eigenvalue weighted by molar-refractivity contribution is -0.138. The number of H-pyrrole nitrogens is 1. The van der Waals surface area contributed by atoms with Crippen molar-refractivity contribution >= 4 is 51.6 Å². The maximum atomic E-state index is 14.0. The summed E-state index contributed by atoms with van der Waals surface area (Å²) in [5, 5.41) is 6.77. The maximum absolute atomic E-state index is 14.0. The molecular weight excluding hydrogens is 795 g/mol. The van der Waals surface area contributed by atoms with Crippen LogP contribution in [-0.4, -0.2) is 44.2 Å². The van der Waals surface area contributed by atoms with Gasteiger partial charge in [-0.25, -0.2) is 14.9 Å². The number of alkyl halides is 6. The van der Waals surface area contributed by atoms with E-state index in [4.69, 9.17) is 42.1 Å². The molecule has 0 radical (unpaired) electrons. The molecule has 0 saturated carbocycles. The number of hydrogen-bond donors (Lipinski definition) is 1. The number of halogens is 8. The number of aromatic amines is 1. The number of ether oxygens (including phenoxy) is 4. The van der Waals surface area contributed by atoms with Gasteiger partial charge >= 0.3 is 12.4 Å². The Labute approximate surface area is 322 Å². The number of benzene rings is 3. The molecule has 2 atom stereocenters. The fourth-order valence-corrected chi connectivity index (χ4v) is 5.42. The number of hydrogen-bond acceptors (Lipinski definition) is 9. The third-order valence-electron chi connectivity index (χ3n) is 7.79. The highest BCUT2D eigenvalue weighted by Gasteiger charge is 2.35. The van der Waals surface area contributed by atoms with Crippen LogP contribution in [0.4, 0.5) is 32.0 Å². The van der Waals surface area contributed by atoms with Gasteiger partial charge in [-0.05, 0) is 92.7 Å². The van der Waals surface area contributed by atoms with Gasteiger partial charge in [0.05, 0.1) is 28.5 Å². The Kier molecular flexibility index (Phi) is 11.3. The fraction of sp³-hybridized carbons (Fsp3) is 0.162. The van der Waals surface area contributed by atoms with E-state index in [0.717, 1.165) is 4.90 Å². The van der Waals surface area contributed by atoms with Crippen LogP contribution in [-0.2, 0) is 21.9 Å². The number of pyridine rings is 2. The summed E-state index contributed by atoms with van der Waals surface area (Å²) in [5.41, 5.74) is -1.37. The van der Waals surface area contributed by atoms with Gasteiger partial charge in [0.25, 0.3) is 11.8 Å². The lowest BCUT2D eigenvalue weighted by atomic mass is 10.2. The predicted molar refractivity (Wildman–Crippen MR) is 190 cm³/mol. The Balaban J connectivity index is 1.15. The quantitative estimate of drug-likeness (QED) is 0.127. The van der Waals surface area contributed by atoms with Crippen LogP contribution in [0.3, 0.4) is 0 Å². The van der Waals surface area contributed by atoms with Crippen LogP contribution in [0.15, 0.2) is 97.5 Å². The van der Waals surface area contributed by atoms with Crippen LogP contribution >= 0.6 is 23.2 Å². The molecule has 0 bridgehead atoms. The van der Waals surface area contributed by atoms with Crippen molar-refractivity contribution in [3.63, 3.8) is 0 Å². The Morgan fingerprint density at radius 2 is 1.07 bits per heavy atom. The summed E-state index contributed by atoms with van der Waals surface area (Å²) in [7, 11) is 0. The van der Waals surface area contributed by atoms with E-state index < -0.39 is 47.5 Å². The largest absolute Gasteiger partial charge is 0.481 e. The van der Waals surface area contributed by atoms with Crippen molar-refractivity contribution in [3.05, 3.63) is 119 Å². The van der Waals surface area contributed by atoms with Crippen molar-refractivity contribution in [1.82, 2.24) is 20.2 Å². The summed E-state index contributed by atoms with van der Waals surface area (Å²) in [5.74, 6) is -1.39. The molecule has 3 aromatic heterocycles. The number of nitrogens with one attached hydrogen (secondary N) is 1. The van der Waals surface area contributed by atoms with Gasteiger partial charge in [-0.2, -0.15) is 31.4 Å². The molecule has 0 aliphatic rings. The molecule has 3 heterocycles. The van der Waals surface area contributed by atoms with E-state index in [1.54, 1.807) is 24.4 Å². The molecule has 0 saturated heterocycles. The van der Waals surface area contributed by atoms with Crippen LogP contribution in [0.1, 0.15) is 25.0 Å². The van der Waals surface area contributed by atoms with E-state index in [1.165, 1.54) is 62.4 Å². The van der Waals surface area contributed by atoms with Gasteiger partial charge in [0.15, 0.2) is 12.2 Å². The third-order valence-corrected chi connectivity index (χ3v) is 8.33. The zero-order valence-electron chi connectivity index (χ0n) is 28.7. The van der Waals surface area contributed by atoms with E-state index in [-0.39, 0.29) is 50.5 Å². The molecule has 0 fully saturated rings. The molecule has 0 aliphatic carbocycles. The molecule has 6 aromatic rings. The summed E-state index contributed by atoms with van der Waals surface area (Å²) >= 11 is 11.9. The monoisotopic (exact) mass is 819 g/mol. The van der Waals surface area contributed by atoms with Crippen molar-refractivity contribution in [2.75, 3.05) is 4.90 Å². The number of rotatable bonds is 11. The molecule has 6 rings (SSSR count). The van der Waals surface area contributed by atoms with Gasteiger partial charge in [-0.1, -0.05) is 23.2 Å². The first-order valence-corrected chi connectivity index (χ1v) is 16.9. The van der Waals surface area contributed by atoms with Crippen LogP contribution in [0.5, 0.6) is 34.8 Å². The standard InChI is InChI=1S/C37H25Cl2F6N5O6/c1-19(53-25-5-9-27(10-6-25)55-32-29(38)13-22(17-46-32)36(40,41)42)34(51)50(24-4-3-21-16-48-49-31(21)15-24)35(52)20(2)54-26-7-11-28(12-8-26)56-33-30(39)14-23(18-47-33)37(43,44)45/h3-20H,1-2H3,(H,48,49). The molecule has 290 valence electrons. The smallest absolute Gasteiger partial charge is 0.417 e. The molecule has 2 unspecified atom stereocenters. The van der Waals surface area contributed by atoms with Gasteiger partial charge in [-0.15, -0.1) is 0 Å². The zero-order chi connectivity index (χ0) is 40.4. The molecule has 3 aromatic carbocycles. The second-order valence-electron chi connectivity index (χ2n) is 11.8. The van der Waals surface area contributed by atoms with E-state index in [1.807, 2.05) is 0 Å². The lowest BCUT2D eigenvalue weighted by Crippen LogP contribution is -2.49. The van der Waals surface area contributed by atoms with Crippen LogP contribution in [0.25, 0.3) is 10.9 Å². The number of fused-ring (bicyclic) bond motifs is 1. The number of aromatic nitrogens is 4. The first-order valence-electron chi connectivity index (χ1n) is 16.1. The minimum Gasteiger partial charge on any atom is -0.481 e. The summed E-state index contributed by atoms with van der Waals surface area (Å²) in [6.45, 7) is 2.85. The topological polar surface area (TPSA) is 129 Å².